The summed E-state index contributed by atoms with van der Waals surface area (Å²) < 4.78 is 71.6. The van der Waals surface area contributed by atoms with E-state index in [1.807, 2.05) is 24.7 Å². The molecule has 0 aliphatic carbocycles. The van der Waals surface area contributed by atoms with Gasteiger partial charge in [-0.05, 0) is 31.5 Å². The van der Waals surface area contributed by atoms with E-state index >= 15 is 0 Å². The molecule has 1 unspecified atom stereocenters. The van der Waals surface area contributed by atoms with Crippen LogP contribution in [-0.2, 0) is 27.9 Å². The van der Waals surface area contributed by atoms with Crippen molar-refractivity contribution in [2.45, 2.75) is 31.7 Å². The lowest BCUT2D eigenvalue weighted by Gasteiger charge is -2.43. The number of rotatable bonds is 3. The lowest BCUT2D eigenvalue weighted by atomic mass is 9.80. The van der Waals surface area contributed by atoms with E-state index in [1.165, 1.54) is 12.8 Å². The molecule has 2 aromatic heterocycles. The Labute approximate surface area is 219 Å². The second-order valence-electron chi connectivity index (χ2n) is 9.04. The highest BCUT2D eigenvalue weighted by atomic mass is 19.4. The highest BCUT2D eigenvalue weighted by molar-refractivity contribution is 5.73. The van der Waals surface area contributed by atoms with Crippen molar-refractivity contribution in [3.8, 4) is 0 Å². The fourth-order valence-electron chi connectivity index (χ4n) is 4.17. The van der Waals surface area contributed by atoms with Crippen molar-refractivity contribution in [3.63, 3.8) is 0 Å². The average Bonchev–Trinajstić information content (AvgIpc) is 3.14. The van der Waals surface area contributed by atoms with E-state index < -0.39 is 24.3 Å². The van der Waals surface area contributed by atoms with Crippen molar-refractivity contribution in [1.29, 1.82) is 0 Å². The number of hydrogen-bond acceptors (Lipinski definition) is 7. The predicted molar refractivity (Wildman–Crippen MR) is 125 cm³/mol. The van der Waals surface area contributed by atoms with Gasteiger partial charge in [0.15, 0.2) is 0 Å². The Morgan fingerprint density at radius 2 is 1.64 bits per heavy atom. The number of anilines is 1. The van der Waals surface area contributed by atoms with E-state index in [9.17, 15) is 26.3 Å². The number of pyridine rings is 1. The molecule has 39 heavy (non-hydrogen) atoms. The van der Waals surface area contributed by atoms with Gasteiger partial charge in [-0.25, -0.2) is 19.6 Å². The van der Waals surface area contributed by atoms with Crippen LogP contribution < -0.4 is 4.90 Å². The van der Waals surface area contributed by atoms with Gasteiger partial charge in [0.25, 0.3) is 0 Å². The molecule has 2 fully saturated rings. The average molecular weight is 570 g/mol. The van der Waals surface area contributed by atoms with Gasteiger partial charge in [-0.1, -0.05) is 6.07 Å². The SMILES string of the molecule is Cn1ccnc1CN1CCCC2(COCCN(c3ccccn3)C2)C1.O=C(O)C(F)(F)F.O=C(O)C(F)(F)F. The Balaban J connectivity index is 0.000000317. The topological polar surface area (TPSA) is 121 Å². The van der Waals surface area contributed by atoms with E-state index in [2.05, 4.69) is 43.5 Å². The number of aromatic nitrogens is 3. The fraction of sp³-hybridized carbons (Fsp3) is 0.565. The molecule has 0 radical (unpaired) electrons. The van der Waals surface area contributed by atoms with E-state index in [0.29, 0.717) is 0 Å². The van der Waals surface area contributed by atoms with Crippen LogP contribution in [0.25, 0.3) is 0 Å². The van der Waals surface area contributed by atoms with Crippen molar-refractivity contribution in [2.75, 3.05) is 44.3 Å². The second kappa shape index (κ2) is 13.6. The summed E-state index contributed by atoms with van der Waals surface area (Å²) in [6.07, 6.45) is -1.96. The summed E-state index contributed by atoms with van der Waals surface area (Å²) in [6, 6.07) is 6.14. The van der Waals surface area contributed by atoms with Gasteiger partial charge in [0.2, 0.25) is 0 Å². The molecule has 218 valence electrons. The monoisotopic (exact) mass is 569 g/mol. The zero-order chi connectivity index (χ0) is 29.3. The van der Waals surface area contributed by atoms with Crippen molar-refractivity contribution < 1.29 is 50.9 Å². The smallest absolute Gasteiger partial charge is 0.475 e. The molecule has 4 rings (SSSR count). The molecule has 2 saturated heterocycles. The number of alkyl halides is 6. The Morgan fingerprint density at radius 1 is 1.00 bits per heavy atom. The number of nitrogens with zero attached hydrogens (tertiary/aromatic N) is 5. The quantitative estimate of drug-likeness (QED) is 0.537. The van der Waals surface area contributed by atoms with Gasteiger partial charge in [0, 0.05) is 50.7 Å². The first kappa shape index (κ1) is 31.8. The van der Waals surface area contributed by atoms with Crippen LogP contribution in [0.15, 0.2) is 36.8 Å². The van der Waals surface area contributed by atoms with Gasteiger partial charge in [0.1, 0.15) is 11.6 Å². The largest absolute Gasteiger partial charge is 0.490 e. The van der Waals surface area contributed by atoms with Crippen molar-refractivity contribution in [1.82, 2.24) is 19.4 Å². The van der Waals surface area contributed by atoms with Crippen LogP contribution in [0.5, 0.6) is 0 Å². The maximum absolute atomic E-state index is 10.6. The maximum Gasteiger partial charge on any atom is 0.490 e. The van der Waals surface area contributed by atoms with E-state index in [-0.39, 0.29) is 5.41 Å². The van der Waals surface area contributed by atoms with E-state index in [1.54, 1.807) is 0 Å². The third kappa shape index (κ3) is 10.4. The third-order valence-electron chi connectivity index (χ3n) is 5.92. The second-order valence-corrected chi connectivity index (χ2v) is 9.04. The number of ether oxygens (including phenoxy) is 1. The minimum Gasteiger partial charge on any atom is -0.475 e. The Morgan fingerprint density at radius 3 is 2.15 bits per heavy atom. The summed E-state index contributed by atoms with van der Waals surface area (Å²) in [5.74, 6) is -3.32. The van der Waals surface area contributed by atoms with Crippen molar-refractivity contribution in [2.24, 2.45) is 12.5 Å². The lowest BCUT2D eigenvalue weighted by Crippen LogP contribution is -2.50. The van der Waals surface area contributed by atoms with Gasteiger partial charge < -0.3 is 24.4 Å². The molecule has 10 nitrogen and oxygen atoms in total. The summed E-state index contributed by atoms with van der Waals surface area (Å²) in [6.45, 7) is 6.65. The molecule has 2 aliphatic heterocycles. The van der Waals surface area contributed by atoms with Crippen LogP contribution in [0.1, 0.15) is 18.7 Å². The molecule has 4 heterocycles. The number of aryl methyl sites for hydroxylation is 1. The number of imidazole rings is 1. The Kier molecular flexibility index (Phi) is 11.1. The Bertz CT molecular complexity index is 1040. The molecule has 0 saturated carbocycles. The molecular weight excluding hydrogens is 540 g/mol. The molecule has 0 bridgehead atoms. The fourth-order valence-corrected chi connectivity index (χ4v) is 4.17. The van der Waals surface area contributed by atoms with Crippen LogP contribution in [0, 0.1) is 5.41 Å². The summed E-state index contributed by atoms with van der Waals surface area (Å²) in [5, 5.41) is 14.2. The minimum absolute atomic E-state index is 0.178. The summed E-state index contributed by atoms with van der Waals surface area (Å²) >= 11 is 0. The number of carbonyl (C=O) groups is 2. The maximum atomic E-state index is 10.6. The molecule has 0 aromatic carbocycles. The minimum atomic E-state index is -5.08. The molecule has 1 spiro atoms. The number of halogens is 6. The van der Waals surface area contributed by atoms with Gasteiger partial charge in [0.05, 0.1) is 19.8 Å². The van der Waals surface area contributed by atoms with Crippen LogP contribution >= 0.6 is 0 Å². The first-order valence-electron chi connectivity index (χ1n) is 11.7. The first-order valence-corrected chi connectivity index (χ1v) is 11.7. The van der Waals surface area contributed by atoms with Crippen molar-refractivity contribution in [3.05, 3.63) is 42.6 Å². The molecule has 16 heteroatoms. The molecule has 2 N–H and O–H groups in total. The number of carboxylic acids is 2. The molecule has 2 aromatic rings. The normalized spacial score (nSPS) is 20.2. The van der Waals surface area contributed by atoms with Gasteiger partial charge in [-0.3, -0.25) is 4.90 Å². The highest BCUT2D eigenvalue weighted by Gasteiger charge is 2.40. The molecule has 0 amide bonds. The lowest BCUT2D eigenvalue weighted by molar-refractivity contribution is -0.193. The number of carboxylic acid groups (broad SMARTS) is 2. The standard InChI is InChI=1S/C19H27N5O.2C2HF3O2/c1-22-10-8-21-18(22)13-23-9-4-6-19(14-23)15-24(11-12-25-16-19)17-5-2-3-7-20-17;2*3-2(4,5)1(6)7/h2-3,5,7-8,10H,4,6,9,11-16H2,1H3;2*(H,6,7). The predicted octanol–water partition coefficient (Wildman–Crippen LogP) is 3.20. The summed E-state index contributed by atoms with van der Waals surface area (Å²) in [4.78, 5) is 31.8. The number of piperidine rings is 1. The summed E-state index contributed by atoms with van der Waals surface area (Å²) in [7, 11) is 2.07. The number of hydrogen-bond donors (Lipinski definition) is 2. The third-order valence-corrected chi connectivity index (χ3v) is 5.92. The molecular formula is C23H29F6N5O5. The van der Waals surface area contributed by atoms with Gasteiger partial charge in [-0.2, -0.15) is 26.3 Å². The molecule has 2 aliphatic rings. The van der Waals surface area contributed by atoms with Gasteiger partial charge >= 0.3 is 24.3 Å². The van der Waals surface area contributed by atoms with Crippen LogP contribution in [0.3, 0.4) is 0 Å². The Hall–Kier alpha value is -3.40. The van der Waals surface area contributed by atoms with E-state index in [0.717, 1.165) is 57.6 Å². The van der Waals surface area contributed by atoms with Gasteiger partial charge in [-0.15, -0.1) is 0 Å². The van der Waals surface area contributed by atoms with Crippen LogP contribution in [0.4, 0.5) is 32.2 Å². The van der Waals surface area contributed by atoms with Crippen LogP contribution in [0.2, 0.25) is 0 Å². The van der Waals surface area contributed by atoms with Crippen molar-refractivity contribution >= 4 is 17.8 Å². The zero-order valence-electron chi connectivity index (χ0n) is 21.0. The summed E-state index contributed by atoms with van der Waals surface area (Å²) in [5.41, 5.74) is 0.178. The number of aliphatic carboxylic acids is 2. The molecule has 1 atom stereocenters. The van der Waals surface area contributed by atoms with E-state index in [4.69, 9.17) is 24.5 Å². The zero-order valence-corrected chi connectivity index (χ0v) is 21.0. The highest BCUT2D eigenvalue weighted by Crippen LogP contribution is 2.34. The first-order chi connectivity index (χ1) is 18.1. The van der Waals surface area contributed by atoms with Crippen LogP contribution in [-0.4, -0.2) is 93.3 Å². The number of likely N-dealkylation sites (tertiary alicyclic amines) is 1.